The van der Waals surface area contributed by atoms with Crippen molar-refractivity contribution < 1.29 is 24.1 Å². The summed E-state index contributed by atoms with van der Waals surface area (Å²) in [5.41, 5.74) is 2.45. The van der Waals surface area contributed by atoms with Crippen molar-refractivity contribution in [2.24, 2.45) is 0 Å². The molecule has 1 atom stereocenters. The first kappa shape index (κ1) is 20.7. The molecule has 0 spiro atoms. The van der Waals surface area contributed by atoms with Crippen molar-refractivity contribution in [3.05, 3.63) is 24.7 Å². The van der Waals surface area contributed by atoms with Gasteiger partial charge in [0.15, 0.2) is 11.9 Å². The molecule has 0 bridgehead atoms. The van der Waals surface area contributed by atoms with Gasteiger partial charge in [-0.2, -0.15) is 10.2 Å². The summed E-state index contributed by atoms with van der Waals surface area (Å²) in [4.78, 5) is 4.62. The van der Waals surface area contributed by atoms with E-state index in [0.29, 0.717) is 38.8 Å². The number of rotatable bonds is 11. The quantitative estimate of drug-likeness (QED) is 0.455. The maximum absolute atomic E-state index is 8.65. The molecular weight excluding hydrogens is 390 g/mol. The molecule has 10 nitrogen and oxygen atoms in total. The van der Waals surface area contributed by atoms with E-state index in [0.717, 1.165) is 48.2 Å². The number of fused-ring (bicyclic) bond motifs is 1. The van der Waals surface area contributed by atoms with E-state index in [1.165, 1.54) is 0 Å². The van der Waals surface area contributed by atoms with Gasteiger partial charge < -0.3 is 24.1 Å². The summed E-state index contributed by atoms with van der Waals surface area (Å²) in [6, 6.07) is 1.95. The first-order valence-electron chi connectivity index (χ1n) is 10.2. The summed E-state index contributed by atoms with van der Waals surface area (Å²) in [5.74, 6) is 0.650. The van der Waals surface area contributed by atoms with Crippen LogP contribution in [0, 0.1) is 0 Å². The molecular formula is C20H27N5O5. The van der Waals surface area contributed by atoms with Crippen LogP contribution >= 0.6 is 0 Å². The molecule has 4 rings (SSSR count). The normalized spacial score (nSPS) is 16.9. The van der Waals surface area contributed by atoms with Gasteiger partial charge in [-0.25, -0.2) is 9.67 Å². The Balaban J connectivity index is 1.45. The van der Waals surface area contributed by atoms with Crippen LogP contribution in [0.15, 0.2) is 24.7 Å². The lowest BCUT2D eigenvalue weighted by atomic mass is 10.2. The number of nitrogens with one attached hydrogen (secondary N) is 1. The van der Waals surface area contributed by atoms with Gasteiger partial charge in [-0.15, -0.1) is 0 Å². The van der Waals surface area contributed by atoms with Gasteiger partial charge >= 0.3 is 0 Å². The molecule has 0 aromatic carbocycles. The zero-order valence-corrected chi connectivity index (χ0v) is 16.8. The molecule has 2 N–H and O–H groups in total. The molecule has 162 valence electrons. The fourth-order valence-corrected chi connectivity index (χ4v) is 3.40. The maximum Gasteiger partial charge on any atom is 0.161 e. The van der Waals surface area contributed by atoms with Gasteiger partial charge in [0.2, 0.25) is 0 Å². The van der Waals surface area contributed by atoms with Crippen molar-refractivity contribution >= 4 is 11.0 Å². The van der Waals surface area contributed by atoms with Gasteiger partial charge in [0.05, 0.1) is 50.8 Å². The van der Waals surface area contributed by atoms with E-state index in [9.17, 15) is 0 Å². The minimum absolute atomic E-state index is 0.0167. The number of nitrogens with zero attached hydrogens (tertiary/aromatic N) is 4. The number of H-pyrrole nitrogens is 1. The number of aliphatic hydroxyl groups excluding tert-OH is 1. The maximum atomic E-state index is 8.65. The van der Waals surface area contributed by atoms with Gasteiger partial charge in [0.1, 0.15) is 18.1 Å². The molecule has 1 aliphatic rings. The molecule has 30 heavy (non-hydrogen) atoms. The fraction of sp³-hybridized carbons (Fsp3) is 0.550. The Morgan fingerprint density at radius 1 is 1.13 bits per heavy atom. The van der Waals surface area contributed by atoms with Gasteiger partial charge in [-0.3, -0.25) is 5.10 Å². The number of aromatic amines is 1. The third kappa shape index (κ3) is 4.96. The Morgan fingerprint density at radius 2 is 2.00 bits per heavy atom. The Labute approximate surface area is 174 Å². The topological polar surface area (TPSA) is 117 Å². The highest BCUT2D eigenvalue weighted by molar-refractivity contribution is 5.91. The zero-order chi connectivity index (χ0) is 20.6. The van der Waals surface area contributed by atoms with Crippen molar-refractivity contribution in [3.8, 4) is 17.0 Å². The van der Waals surface area contributed by atoms with E-state index >= 15 is 0 Å². The molecule has 1 fully saturated rings. The number of ether oxygens (including phenoxy) is 4. The van der Waals surface area contributed by atoms with E-state index in [2.05, 4.69) is 15.2 Å². The monoisotopic (exact) mass is 417 g/mol. The lowest BCUT2D eigenvalue weighted by Crippen LogP contribution is -2.19. The molecule has 0 radical (unpaired) electrons. The second-order valence-electron chi connectivity index (χ2n) is 6.94. The SMILES string of the molecule is OCCOCCOCCOc1cnc2c(c1)c(-c1cn[nH]c1)nn2C1CCCCO1. The molecule has 0 amide bonds. The summed E-state index contributed by atoms with van der Waals surface area (Å²) < 4.78 is 24.2. The average Bonchev–Trinajstić information content (AvgIpc) is 3.44. The highest BCUT2D eigenvalue weighted by Gasteiger charge is 2.23. The summed E-state index contributed by atoms with van der Waals surface area (Å²) in [6.07, 6.45) is 8.25. The molecule has 1 saturated heterocycles. The molecule has 1 unspecified atom stereocenters. The third-order valence-corrected chi connectivity index (χ3v) is 4.83. The molecule has 1 aliphatic heterocycles. The van der Waals surface area contributed by atoms with E-state index in [1.54, 1.807) is 12.4 Å². The number of aromatic nitrogens is 5. The van der Waals surface area contributed by atoms with Crippen LogP contribution in [-0.2, 0) is 14.2 Å². The predicted molar refractivity (Wildman–Crippen MR) is 108 cm³/mol. The Morgan fingerprint density at radius 3 is 2.77 bits per heavy atom. The Bertz CT molecular complexity index is 908. The van der Waals surface area contributed by atoms with E-state index in [4.69, 9.17) is 29.2 Å². The molecule has 4 heterocycles. The largest absolute Gasteiger partial charge is 0.490 e. The lowest BCUT2D eigenvalue weighted by Gasteiger charge is -2.23. The number of hydrogen-bond donors (Lipinski definition) is 2. The first-order chi connectivity index (χ1) is 14.9. The van der Waals surface area contributed by atoms with Crippen LogP contribution in [0.5, 0.6) is 5.75 Å². The highest BCUT2D eigenvalue weighted by Crippen LogP contribution is 2.33. The predicted octanol–water partition coefficient (Wildman–Crippen LogP) is 1.92. The van der Waals surface area contributed by atoms with Crippen LogP contribution in [0.3, 0.4) is 0 Å². The van der Waals surface area contributed by atoms with Crippen molar-refractivity contribution in [2.75, 3.05) is 46.2 Å². The van der Waals surface area contributed by atoms with Crippen molar-refractivity contribution in [1.29, 1.82) is 0 Å². The number of aliphatic hydroxyl groups is 1. The zero-order valence-electron chi connectivity index (χ0n) is 16.8. The smallest absolute Gasteiger partial charge is 0.161 e. The van der Waals surface area contributed by atoms with Crippen molar-refractivity contribution in [2.45, 2.75) is 25.5 Å². The van der Waals surface area contributed by atoms with Crippen LogP contribution in [-0.4, -0.2) is 76.3 Å². The summed E-state index contributed by atoms with van der Waals surface area (Å²) in [5, 5.41) is 21.2. The minimum atomic E-state index is -0.109. The van der Waals surface area contributed by atoms with Crippen LogP contribution in [0.4, 0.5) is 0 Å². The molecule has 10 heteroatoms. The van der Waals surface area contributed by atoms with Gasteiger partial charge in [-0.1, -0.05) is 0 Å². The third-order valence-electron chi connectivity index (χ3n) is 4.83. The van der Waals surface area contributed by atoms with E-state index in [1.807, 2.05) is 16.9 Å². The summed E-state index contributed by atoms with van der Waals surface area (Å²) in [6.45, 7) is 2.81. The van der Waals surface area contributed by atoms with Crippen LogP contribution in [0.25, 0.3) is 22.3 Å². The first-order valence-corrected chi connectivity index (χ1v) is 10.2. The summed E-state index contributed by atoms with van der Waals surface area (Å²) in [7, 11) is 0. The second kappa shape index (κ2) is 10.5. The van der Waals surface area contributed by atoms with Gasteiger partial charge in [-0.05, 0) is 25.3 Å². The standard InChI is InChI=1S/C20H27N5O5/c26-4-6-27-7-8-28-9-10-29-16-11-17-19(15-12-22-23-13-15)24-25(20(17)21-14-16)18-3-1-2-5-30-18/h11-14,18,26H,1-10H2,(H,22,23). The van der Waals surface area contributed by atoms with Crippen molar-refractivity contribution in [1.82, 2.24) is 25.0 Å². The van der Waals surface area contributed by atoms with Crippen molar-refractivity contribution in [3.63, 3.8) is 0 Å². The molecule has 0 saturated carbocycles. The number of hydrogen-bond acceptors (Lipinski definition) is 8. The molecule has 3 aromatic heterocycles. The second-order valence-corrected chi connectivity index (χ2v) is 6.94. The molecule has 0 aliphatic carbocycles. The lowest BCUT2D eigenvalue weighted by molar-refractivity contribution is -0.0368. The van der Waals surface area contributed by atoms with E-state index in [-0.39, 0.29) is 12.8 Å². The van der Waals surface area contributed by atoms with Crippen LogP contribution in [0.1, 0.15) is 25.5 Å². The van der Waals surface area contributed by atoms with Crippen LogP contribution < -0.4 is 4.74 Å². The van der Waals surface area contributed by atoms with Gasteiger partial charge in [0, 0.05) is 18.4 Å². The molecule has 3 aromatic rings. The van der Waals surface area contributed by atoms with Crippen LogP contribution in [0.2, 0.25) is 0 Å². The van der Waals surface area contributed by atoms with E-state index < -0.39 is 0 Å². The Hall–Kier alpha value is -2.53. The number of pyridine rings is 1. The minimum Gasteiger partial charge on any atom is -0.490 e. The Kier molecular flexibility index (Phi) is 7.25. The average molecular weight is 417 g/mol. The van der Waals surface area contributed by atoms with Gasteiger partial charge in [0.25, 0.3) is 0 Å². The summed E-state index contributed by atoms with van der Waals surface area (Å²) >= 11 is 0. The fourth-order valence-electron chi connectivity index (χ4n) is 3.40. The highest BCUT2D eigenvalue weighted by atomic mass is 16.5.